The average Bonchev–Trinajstić information content (AvgIpc) is 3.08. The van der Waals surface area contributed by atoms with E-state index in [1.54, 1.807) is 0 Å². The Bertz CT molecular complexity index is 1320. The molecule has 284 valence electrons. The highest BCUT2D eigenvalue weighted by Crippen LogP contribution is 2.47. The van der Waals surface area contributed by atoms with Crippen LogP contribution in [-0.2, 0) is 20.4 Å². The third kappa shape index (κ3) is 13.0. The highest BCUT2D eigenvalue weighted by Gasteiger charge is 2.43. The Labute approximate surface area is 312 Å². The molecule has 0 amide bonds. The van der Waals surface area contributed by atoms with Gasteiger partial charge in [-0.25, -0.2) is 0 Å². The van der Waals surface area contributed by atoms with Crippen LogP contribution in [0.1, 0.15) is 180 Å². The van der Waals surface area contributed by atoms with Crippen LogP contribution in [0.4, 0.5) is 0 Å². The van der Waals surface area contributed by atoms with Crippen LogP contribution in [0, 0.1) is 11.8 Å². The predicted octanol–water partition coefficient (Wildman–Crippen LogP) is 12.5. The van der Waals surface area contributed by atoms with E-state index in [-0.39, 0.29) is 22.7 Å². The minimum atomic E-state index is -2.25. The summed E-state index contributed by atoms with van der Waals surface area (Å²) < 4.78 is 5.84. The second kappa shape index (κ2) is 20.5. The van der Waals surface area contributed by atoms with Gasteiger partial charge in [-0.05, 0) is 39.5 Å². The Kier molecular flexibility index (Phi) is 17.2. The van der Waals surface area contributed by atoms with E-state index >= 15 is 0 Å². The molecule has 51 heavy (non-hydrogen) atoms. The SMILES string of the molecule is CCCCCCCCCCCCCCCCCCOC(=O)C(C)C1C=C(c2ccccc2C(C)(C)C)C(O)(O)C(c2ccccc2C(C)(C)C)=C1. The molecule has 2 aromatic rings. The number of rotatable bonds is 21. The predicted molar refractivity (Wildman–Crippen MR) is 217 cm³/mol. The molecule has 2 aromatic carbocycles. The summed E-state index contributed by atoms with van der Waals surface area (Å²) >= 11 is 0. The summed E-state index contributed by atoms with van der Waals surface area (Å²) in [5, 5.41) is 24.2. The van der Waals surface area contributed by atoms with Crippen molar-refractivity contribution in [2.75, 3.05) is 6.61 Å². The molecule has 0 bridgehead atoms. The average molecular weight is 701 g/mol. The van der Waals surface area contributed by atoms with Gasteiger partial charge in [0, 0.05) is 17.1 Å². The molecule has 1 unspecified atom stereocenters. The number of allylic oxidation sites excluding steroid dienone is 2. The lowest BCUT2D eigenvalue weighted by Gasteiger charge is -2.38. The number of aliphatic hydroxyl groups is 2. The lowest BCUT2D eigenvalue weighted by molar-refractivity contribution is -0.149. The van der Waals surface area contributed by atoms with Crippen molar-refractivity contribution in [3.8, 4) is 0 Å². The van der Waals surface area contributed by atoms with Crippen LogP contribution in [0.3, 0.4) is 0 Å². The molecule has 0 radical (unpaired) electrons. The van der Waals surface area contributed by atoms with Crippen LogP contribution in [0.5, 0.6) is 0 Å². The summed E-state index contributed by atoms with van der Waals surface area (Å²) in [7, 11) is 0. The van der Waals surface area contributed by atoms with E-state index in [4.69, 9.17) is 4.74 Å². The molecule has 3 rings (SSSR count). The quantitative estimate of drug-likeness (QED) is 0.0773. The first-order valence-corrected chi connectivity index (χ1v) is 20.4. The van der Waals surface area contributed by atoms with Crippen molar-refractivity contribution in [3.05, 3.63) is 82.9 Å². The van der Waals surface area contributed by atoms with Crippen LogP contribution >= 0.6 is 0 Å². The van der Waals surface area contributed by atoms with Gasteiger partial charge in [-0.1, -0.05) is 212 Å². The van der Waals surface area contributed by atoms with Gasteiger partial charge in [-0.15, -0.1) is 0 Å². The minimum Gasteiger partial charge on any atom is -0.465 e. The summed E-state index contributed by atoms with van der Waals surface area (Å²) in [5.41, 5.74) is 3.97. The van der Waals surface area contributed by atoms with Gasteiger partial charge in [0.15, 0.2) is 0 Å². The maximum absolute atomic E-state index is 13.5. The number of benzene rings is 2. The maximum atomic E-state index is 13.5. The molecule has 0 aliphatic heterocycles. The number of unbranched alkanes of at least 4 members (excludes halogenated alkanes) is 15. The van der Waals surface area contributed by atoms with Crippen LogP contribution in [0.15, 0.2) is 60.7 Å². The Morgan fingerprint density at radius 1 is 0.627 bits per heavy atom. The van der Waals surface area contributed by atoms with E-state index in [1.807, 2.05) is 55.5 Å². The highest BCUT2D eigenvalue weighted by molar-refractivity contribution is 5.92. The molecule has 0 heterocycles. The van der Waals surface area contributed by atoms with Gasteiger partial charge in [0.05, 0.1) is 12.5 Å². The van der Waals surface area contributed by atoms with E-state index in [1.165, 1.54) is 89.9 Å². The van der Waals surface area contributed by atoms with E-state index in [0.717, 1.165) is 35.1 Å². The number of esters is 1. The molecule has 0 aromatic heterocycles. The van der Waals surface area contributed by atoms with Crippen LogP contribution in [0.25, 0.3) is 11.1 Å². The third-order valence-electron chi connectivity index (χ3n) is 10.7. The summed E-state index contributed by atoms with van der Waals surface area (Å²) in [6.45, 7) is 17.4. The van der Waals surface area contributed by atoms with Gasteiger partial charge >= 0.3 is 5.97 Å². The first kappa shape index (κ1) is 42.7. The number of carbonyl (C=O) groups is 1. The Hall–Kier alpha value is -2.69. The van der Waals surface area contributed by atoms with E-state index in [2.05, 4.69) is 60.6 Å². The molecule has 4 heteroatoms. The fourth-order valence-electron chi connectivity index (χ4n) is 7.51. The molecule has 1 aliphatic rings. The molecular formula is C47H72O4. The number of hydrogen-bond acceptors (Lipinski definition) is 4. The van der Waals surface area contributed by atoms with Gasteiger partial charge in [-0.3, -0.25) is 4.79 Å². The number of hydrogen-bond donors (Lipinski definition) is 2. The lowest BCUT2D eigenvalue weighted by Crippen LogP contribution is -2.38. The molecule has 2 N–H and O–H groups in total. The molecule has 1 aliphatic carbocycles. The van der Waals surface area contributed by atoms with Crippen molar-refractivity contribution in [2.24, 2.45) is 11.8 Å². The van der Waals surface area contributed by atoms with Crippen molar-refractivity contribution in [3.63, 3.8) is 0 Å². The van der Waals surface area contributed by atoms with Crippen molar-refractivity contribution in [1.29, 1.82) is 0 Å². The largest absolute Gasteiger partial charge is 0.465 e. The van der Waals surface area contributed by atoms with Crippen molar-refractivity contribution < 1.29 is 19.7 Å². The summed E-state index contributed by atoms with van der Waals surface area (Å²) in [6.07, 6.45) is 24.7. The Morgan fingerprint density at radius 3 is 1.35 bits per heavy atom. The summed E-state index contributed by atoms with van der Waals surface area (Å²) in [5.74, 6) is -3.36. The van der Waals surface area contributed by atoms with E-state index in [0.29, 0.717) is 17.8 Å². The molecule has 1 atom stereocenters. The summed E-state index contributed by atoms with van der Waals surface area (Å²) in [4.78, 5) is 13.5. The molecule has 0 spiro atoms. The van der Waals surface area contributed by atoms with E-state index < -0.39 is 11.7 Å². The van der Waals surface area contributed by atoms with Gasteiger partial charge in [0.2, 0.25) is 5.79 Å². The van der Waals surface area contributed by atoms with Gasteiger partial charge < -0.3 is 14.9 Å². The van der Waals surface area contributed by atoms with Crippen molar-refractivity contribution in [1.82, 2.24) is 0 Å². The zero-order valence-corrected chi connectivity index (χ0v) is 33.7. The Morgan fingerprint density at radius 2 is 0.980 bits per heavy atom. The Balaban J connectivity index is 1.59. The van der Waals surface area contributed by atoms with Crippen molar-refractivity contribution >= 4 is 17.1 Å². The van der Waals surface area contributed by atoms with Crippen LogP contribution in [-0.4, -0.2) is 28.6 Å². The fraction of sp³-hybridized carbons (Fsp3) is 0.638. The van der Waals surface area contributed by atoms with Gasteiger partial charge in [0.1, 0.15) is 0 Å². The van der Waals surface area contributed by atoms with Crippen LogP contribution < -0.4 is 0 Å². The number of carbonyl (C=O) groups excluding carboxylic acids is 1. The second-order valence-electron chi connectivity index (χ2n) is 17.3. The van der Waals surface area contributed by atoms with E-state index in [9.17, 15) is 15.0 Å². The lowest BCUT2D eigenvalue weighted by atomic mass is 9.71. The molecular weight excluding hydrogens is 629 g/mol. The maximum Gasteiger partial charge on any atom is 0.309 e. The molecule has 0 saturated carbocycles. The minimum absolute atomic E-state index is 0.231. The zero-order chi connectivity index (χ0) is 37.5. The van der Waals surface area contributed by atoms with Gasteiger partial charge in [-0.2, -0.15) is 0 Å². The first-order chi connectivity index (χ1) is 24.2. The number of ether oxygens (including phenoxy) is 1. The smallest absolute Gasteiger partial charge is 0.309 e. The summed E-state index contributed by atoms with van der Waals surface area (Å²) in [6, 6.07) is 15.9. The second-order valence-corrected chi connectivity index (χ2v) is 17.3. The molecule has 0 fully saturated rings. The fourth-order valence-corrected chi connectivity index (χ4v) is 7.51. The first-order valence-electron chi connectivity index (χ1n) is 20.4. The standard InChI is InChI=1S/C47H72O4/c1-9-10-11-12-13-14-15-16-17-18-19-20-21-22-23-28-33-51-44(48)36(2)37-34-42(38-29-24-26-31-40(38)45(3,4)5)47(49,50)43(35-37)39-30-25-27-32-41(39)46(6,7)8/h24-27,29-32,34-37,49-50H,9-23,28,33H2,1-8H3. The van der Waals surface area contributed by atoms with Crippen LogP contribution in [0.2, 0.25) is 0 Å². The highest BCUT2D eigenvalue weighted by atomic mass is 16.5. The normalized spacial score (nSPS) is 15.7. The topological polar surface area (TPSA) is 66.8 Å². The zero-order valence-electron chi connectivity index (χ0n) is 33.7. The van der Waals surface area contributed by atoms with Crippen molar-refractivity contribution in [2.45, 2.75) is 175 Å². The molecule has 0 saturated heterocycles. The third-order valence-corrected chi connectivity index (χ3v) is 10.7. The monoisotopic (exact) mass is 701 g/mol. The molecule has 4 nitrogen and oxygen atoms in total. The van der Waals surface area contributed by atoms with Gasteiger partial charge in [0.25, 0.3) is 0 Å².